The molecule has 0 aliphatic carbocycles. The minimum Gasteiger partial charge on any atom is -0.454 e. The van der Waals surface area contributed by atoms with Crippen molar-refractivity contribution in [3.8, 4) is 11.5 Å². The van der Waals surface area contributed by atoms with Gasteiger partial charge in [0.25, 0.3) is 0 Å². The number of nitrogens with zero attached hydrogens (tertiary/aromatic N) is 3. The molecule has 2 aromatic carbocycles. The maximum atomic E-state index is 12.7. The number of hydrogen-bond acceptors (Lipinski definition) is 6. The van der Waals surface area contributed by atoms with Gasteiger partial charge in [0, 0.05) is 63.1 Å². The lowest BCUT2D eigenvalue weighted by molar-refractivity contribution is -0.126. The van der Waals surface area contributed by atoms with Gasteiger partial charge in [-0.15, -0.1) is 0 Å². The molecule has 1 N–H and O–H groups in total. The monoisotopic (exact) mass is 478 g/mol. The van der Waals surface area contributed by atoms with Crippen molar-refractivity contribution < 1.29 is 19.1 Å². The van der Waals surface area contributed by atoms with Gasteiger partial charge in [-0.2, -0.15) is 0 Å². The van der Waals surface area contributed by atoms with Crippen molar-refractivity contribution in [1.29, 1.82) is 0 Å². The van der Waals surface area contributed by atoms with Crippen LogP contribution < -0.4 is 24.6 Å². The molecule has 3 heterocycles. The number of nitrogens with one attached hydrogen (secondary N) is 1. The zero-order chi connectivity index (χ0) is 24.2. The molecule has 2 aromatic rings. The summed E-state index contributed by atoms with van der Waals surface area (Å²) in [6, 6.07) is 14.2. The first-order valence-corrected chi connectivity index (χ1v) is 12.6. The molecule has 2 fully saturated rings. The first-order valence-electron chi connectivity index (χ1n) is 12.6. The lowest BCUT2D eigenvalue weighted by Crippen LogP contribution is -2.46. The number of benzene rings is 2. The third-order valence-electron chi connectivity index (χ3n) is 7.10. The van der Waals surface area contributed by atoms with Crippen LogP contribution >= 0.6 is 0 Å². The second kappa shape index (κ2) is 10.6. The number of aryl methyl sites for hydroxylation is 1. The summed E-state index contributed by atoms with van der Waals surface area (Å²) in [4.78, 5) is 31.8. The van der Waals surface area contributed by atoms with E-state index < -0.39 is 0 Å². The van der Waals surface area contributed by atoms with E-state index in [1.807, 2.05) is 6.07 Å². The highest BCUT2D eigenvalue weighted by Gasteiger charge is 2.35. The van der Waals surface area contributed by atoms with Crippen molar-refractivity contribution in [3.63, 3.8) is 0 Å². The highest BCUT2D eigenvalue weighted by molar-refractivity contribution is 6.00. The Labute approximate surface area is 206 Å². The Morgan fingerprint density at radius 2 is 1.83 bits per heavy atom. The first-order chi connectivity index (χ1) is 17.1. The Balaban J connectivity index is 0.993. The molecule has 0 saturated carbocycles. The summed E-state index contributed by atoms with van der Waals surface area (Å²) in [6.07, 6.45) is 2.24. The Morgan fingerprint density at radius 3 is 2.66 bits per heavy atom. The number of rotatable bonds is 8. The molecule has 8 heteroatoms. The number of fused-ring (bicyclic) bond motifs is 1. The predicted molar refractivity (Wildman–Crippen MR) is 135 cm³/mol. The quantitative estimate of drug-likeness (QED) is 0.589. The minimum absolute atomic E-state index is 0.0335. The molecule has 0 spiro atoms. The minimum atomic E-state index is -0.317. The smallest absolute Gasteiger partial charge is 0.231 e. The number of carbonyl (C=O) groups is 2. The molecule has 0 radical (unpaired) electrons. The fourth-order valence-corrected chi connectivity index (χ4v) is 5.06. The van der Waals surface area contributed by atoms with E-state index in [9.17, 15) is 9.59 Å². The number of hydrogen-bond donors (Lipinski definition) is 1. The van der Waals surface area contributed by atoms with Crippen LogP contribution in [0, 0.1) is 12.8 Å². The van der Waals surface area contributed by atoms with Crippen LogP contribution in [0.3, 0.4) is 0 Å². The van der Waals surface area contributed by atoms with E-state index in [1.54, 1.807) is 17.0 Å². The normalized spacial score (nSPS) is 19.9. The van der Waals surface area contributed by atoms with E-state index in [0.29, 0.717) is 24.6 Å². The Bertz CT molecular complexity index is 1070. The van der Waals surface area contributed by atoms with Crippen molar-refractivity contribution >= 4 is 23.2 Å². The topological polar surface area (TPSA) is 74.4 Å². The van der Waals surface area contributed by atoms with Gasteiger partial charge in [-0.05, 0) is 56.1 Å². The number of amides is 2. The average Bonchev–Trinajstić information content (AvgIpc) is 3.50. The zero-order valence-electron chi connectivity index (χ0n) is 20.4. The van der Waals surface area contributed by atoms with Crippen LogP contribution in [0.1, 0.15) is 24.8 Å². The van der Waals surface area contributed by atoms with Crippen LogP contribution in [0.2, 0.25) is 0 Å². The van der Waals surface area contributed by atoms with Crippen molar-refractivity contribution in [3.05, 3.63) is 48.0 Å². The molecule has 8 nitrogen and oxygen atoms in total. The number of ether oxygens (including phenoxy) is 2. The molecular weight excluding hydrogens is 444 g/mol. The van der Waals surface area contributed by atoms with Gasteiger partial charge in [0.1, 0.15) is 0 Å². The fraction of sp³-hybridized carbons (Fsp3) is 0.481. The molecule has 5 rings (SSSR count). The maximum Gasteiger partial charge on any atom is 0.231 e. The first kappa shape index (κ1) is 23.5. The highest BCUT2D eigenvalue weighted by atomic mass is 16.7. The SMILES string of the molecule is Cc1cccc(N2CCN(CCCCNC(=O)C3CC(=O)N(c4ccc5c(c4)OCO5)C3)CC2)c1. The Hall–Kier alpha value is -3.26. The highest BCUT2D eigenvalue weighted by Crippen LogP contribution is 2.37. The summed E-state index contributed by atoms with van der Waals surface area (Å²) in [7, 11) is 0. The Morgan fingerprint density at radius 1 is 1.00 bits per heavy atom. The molecule has 3 aliphatic heterocycles. The lowest BCUT2D eigenvalue weighted by Gasteiger charge is -2.36. The predicted octanol–water partition coefficient (Wildman–Crippen LogP) is 2.80. The maximum absolute atomic E-state index is 12.7. The fourth-order valence-electron chi connectivity index (χ4n) is 5.06. The van der Waals surface area contributed by atoms with Gasteiger partial charge in [-0.1, -0.05) is 12.1 Å². The number of unbranched alkanes of at least 4 members (excludes halogenated alkanes) is 1. The largest absolute Gasteiger partial charge is 0.454 e. The number of anilines is 2. The van der Waals surface area contributed by atoms with Crippen molar-refractivity contribution in [2.24, 2.45) is 5.92 Å². The summed E-state index contributed by atoms with van der Waals surface area (Å²) in [5.41, 5.74) is 3.36. The van der Waals surface area contributed by atoms with Gasteiger partial charge in [0.2, 0.25) is 18.6 Å². The number of piperazine rings is 1. The van der Waals surface area contributed by atoms with Crippen molar-refractivity contribution in [2.45, 2.75) is 26.2 Å². The third kappa shape index (κ3) is 5.53. The molecule has 1 unspecified atom stereocenters. The van der Waals surface area contributed by atoms with E-state index >= 15 is 0 Å². The van der Waals surface area contributed by atoms with Gasteiger partial charge in [-0.3, -0.25) is 14.5 Å². The van der Waals surface area contributed by atoms with Crippen LogP contribution in [0.25, 0.3) is 0 Å². The summed E-state index contributed by atoms with van der Waals surface area (Å²) in [6.45, 7) is 8.68. The zero-order valence-corrected chi connectivity index (χ0v) is 20.4. The van der Waals surface area contributed by atoms with Crippen molar-refractivity contribution in [1.82, 2.24) is 10.2 Å². The van der Waals surface area contributed by atoms with Gasteiger partial charge < -0.3 is 24.6 Å². The summed E-state index contributed by atoms with van der Waals surface area (Å²) >= 11 is 0. The van der Waals surface area contributed by atoms with Crippen molar-refractivity contribution in [2.75, 3.05) is 62.4 Å². The van der Waals surface area contributed by atoms with Gasteiger partial charge in [0.05, 0.1) is 5.92 Å². The van der Waals surface area contributed by atoms with Gasteiger partial charge in [0.15, 0.2) is 11.5 Å². The van der Waals surface area contributed by atoms with E-state index in [0.717, 1.165) is 51.3 Å². The second-order valence-electron chi connectivity index (χ2n) is 9.61. The summed E-state index contributed by atoms with van der Waals surface area (Å²) < 4.78 is 10.7. The molecule has 35 heavy (non-hydrogen) atoms. The van der Waals surface area contributed by atoms with Crippen LogP contribution in [0.15, 0.2) is 42.5 Å². The third-order valence-corrected chi connectivity index (χ3v) is 7.10. The molecule has 2 amide bonds. The van der Waals surface area contributed by atoms with E-state index in [-0.39, 0.29) is 30.9 Å². The molecular formula is C27H34N4O4. The van der Waals surface area contributed by atoms with Crippen LogP contribution in [-0.4, -0.2) is 69.3 Å². The standard InChI is InChI=1S/C27H34N4O4/c1-20-5-4-6-22(15-20)30-13-11-29(12-14-30)10-3-2-9-28-27(33)21-16-26(32)31(18-21)23-7-8-24-25(17-23)35-19-34-24/h4-8,15,17,21H,2-3,9-14,16,18-19H2,1H3,(H,28,33). The van der Waals surface area contributed by atoms with E-state index in [2.05, 4.69) is 46.3 Å². The Kier molecular flexibility index (Phi) is 7.08. The van der Waals surface area contributed by atoms with Crippen LogP contribution in [-0.2, 0) is 9.59 Å². The molecule has 3 aliphatic rings. The van der Waals surface area contributed by atoms with Crippen LogP contribution in [0.4, 0.5) is 11.4 Å². The molecule has 2 saturated heterocycles. The van der Waals surface area contributed by atoms with Gasteiger partial charge >= 0.3 is 0 Å². The summed E-state index contributed by atoms with van der Waals surface area (Å²) in [5, 5.41) is 3.04. The lowest BCUT2D eigenvalue weighted by atomic mass is 10.1. The molecule has 1 atom stereocenters. The average molecular weight is 479 g/mol. The number of carbonyl (C=O) groups excluding carboxylic acids is 2. The molecule has 186 valence electrons. The van der Waals surface area contributed by atoms with Crippen LogP contribution in [0.5, 0.6) is 11.5 Å². The second-order valence-corrected chi connectivity index (χ2v) is 9.61. The summed E-state index contributed by atoms with van der Waals surface area (Å²) in [5.74, 6) is 0.937. The van der Waals surface area contributed by atoms with E-state index in [4.69, 9.17) is 9.47 Å². The molecule has 0 aromatic heterocycles. The molecule has 0 bridgehead atoms. The van der Waals surface area contributed by atoms with E-state index in [1.165, 1.54) is 11.3 Å². The van der Waals surface area contributed by atoms with Gasteiger partial charge in [-0.25, -0.2) is 0 Å².